The zero-order valence-corrected chi connectivity index (χ0v) is 9.10. The summed E-state index contributed by atoms with van der Waals surface area (Å²) in [5.74, 6) is 0.400. The monoisotopic (exact) mass is 183 g/mol. The van der Waals surface area contributed by atoms with Gasteiger partial charge in [-0.2, -0.15) is 0 Å². The van der Waals surface area contributed by atoms with Crippen molar-refractivity contribution in [2.75, 3.05) is 13.1 Å². The number of nitrogens with zero attached hydrogens (tertiary/aromatic N) is 1. The second kappa shape index (κ2) is 4.23. The van der Waals surface area contributed by atoms with Crippen molar-refractivity contribution in [3.8, 4) is 0 Å². The van der Waals surface area contributed by atoms with Gasteiger partial charge in [0, 0.05) is 6.42 Å². The van der Waals surface area contributed by atoms with Gasteiger partial charge in [0.15, 0.2) is 5.78 Å². The fourth-order valence-electron chi connectivity index (χ4n) is 1.99. The van der Waals surface area contributed by atoms with Crippen LogP contribution in [-0.2, 0) is 4.79 Å². The number of hydrogen-bond donors (Lipinski definition) is 0. The summed E-state index contributed by atoms with van der Waals surface area (Å²) in [6, 6.07) is 0. The van der Waals surface area contributed by atoms with E-state index in [1.54, 1.807) is 0 Å². The number of carbonyl (C=O) groups excluding carboxylic acids is 1. The van der Waals surface area contributed by atoms with E-state index in [4.69, 9.17) is 0 Å². The molecule has 0 N–H and O–H groups in total. The molecule has 1 aliphatic heterocycles. The van der Waals surface area contributed by atoms with Crippen molar-refractivity contribution in [3.63, 3.8) is 0 Å². The third kappa shape index (κ3) is 2.31. The number of carbonyl (C=O) groups is 1. The van der Waals surface area contributed by atoms with Crippen molar-refractivity contribution in [3.05, 3.63) is 0 Å². The highest BCUT2D eigenvalue weighted by atomic mass is 16.1. The predicted octanol–water partition coefficient (Wildman–Crippen LogP) is 2.23. The molecule has 13 heavy (non-hydrogen) atoms. The Hall–Kier alpha value is -0.370. The lowest BCUT2D eigenvalue weighted by Crippen LogP contribution is -2.48. The second-order valence-electron chi connectivity index (χ2n) is 4.43. The second-order valence-corrected chi connectivity index (χ2v) is 4.43. The molecule has 1 aliphatic rings. The van der Waals surface area contributed by atoms with Crippen LogP contribution in [0.5, 0.6) is 0 Å². The first-order valence-electron chi connectivity index (χ1n) is 5.37. The zero-order chi connectivity index (χ0) is 9.90. The largest absolute Gasteiger partial charge is 0.298 e. The van der Waals surface area contributed by atoms with Gasteiger partial charge in [0.25, 0.3) is 0 Å². The van der Waals surface area contributed by atoms with Crippen LogP contribution in [0.2, 0.25) is 0 Å². The van der Waals surface area contributed by atoms with Crippen molar-refractivity contribution in [2.24, 2.45) is 0 Å². The molecule has 2 nitrogen and oxygen atoms in total. The van der Waals surface area contributed by atoms with Gasteiger partial charge < -0.3 is 0 Å². The standard InChI is InChI=1S/C11H21NO/c1-4-7-10(13)11(2,3)12-8-5-6-9-12/h4-9H2,1-3H3. The fraction of sp³-hybridized carbons (Fsp3) is 0.909. The summed E-state index contributed by atoms with van der Waals surface area (Å²) in [6.45, 7) is 8.40. The number of rotatable bonds is 4. The van der Waals surface area contributed by atoms with Gasteiger partial charge in [-0.15, -0.1) is 0 Å². The highest BCUT2D eigenvalue weighted by Gasteiger charge is 2.34. The first-order valence-corrected chi connectivity index (χ1v) is 5.37. The van der Waals surface area contributed by atoms with Crippen LogP contribution in [0.25, 0.3) is 0 Å². The summed E-state index contributed by atoms with van der Waals surface area (Å²) in [7, 11) is 0. The molecule has 1 fully saturated rings. The first-order chi connectivity index (χ1) is 6.09. The van der Waals surface area contributed by atoms with Crippen molar-refractivity contribution >= 4 is 5.78 Å². The Balaban J connectivity index is 2.57. The molecular weight excluding hydrogens is 162 g/mol. The van der Waals surface area contributed by atoms with Crippen LogP contribution in [0.1, 0.15) is 46.5 Å². The average molecular weight is 183 g/mol. The van der Waals surface area contributed by atoms with Crippen LogP contribution in [0.15, 0.2) is 0 Å². The summed E-state index contributed by atoms with van der Waals surface area (Å²) >= 11 is 0. The quantitative estimate of drug-likeness (QED) is 0.666. The molecule has 0 atom stereocenters. The van der Waals surface area contributed by atoms with E-state index in [0.717, 1.165) is 25.9 Å². The molecule has 0 bridgehead atoms. The fourth-order valence-corrected chi connectivity index (χ4v) is 1.99. The van der Waals surface area contributed by atoms with Crippen LogP contribution in [0, 0.1) is 0 Å². The zero-order valence-electron chi connectivity index (χ0n) is 9.10. The maximum absolute atomic E-state index is 11.8. The third-order valence-corrected chi connectivity index (χ3v) is 3.06. The Morgan fingerprint density at radius 2 is 1.85 bits per heavy atom. The molecule has 1 saturated heterocycles. The predicted molar refractivity (Wildman–Crippen MR) is 54.8 cm³/mol. The molecule has 0 spiro atoms. The lowest BCUT2D eigenvalue weighted by atomic mass is 9.94. The summed E-state index contributed by atoms with van der Waals surface area (Å²) in [6.07, 6.45) is 4.20. The van der Waals surface area contributed by atoms with Crippen LogP contribution in [0.4, 0.5) is 0 Å². The van der Waals surface area contributed by atoms with Crippen LogP contribution in [0.3, 0.4) is 0 Å². The molecular formula is C11H21NO. The van der Waals surface area contributed by atoms with E-state index in [0.29, 0.717) is 5.78 Å². The molecule has 2 heteroatoms. The van der Waals surface area contributed by atoms with E-state index in [9.17, 15) is 4.79 Å². The molecule has 0 aromatic carbocycles. The van der Waals surface area contributed by atoms with Gasteiger partial charge in [0.2, 0.25) is 0 Å². The summed E-state index contributed by atoms with van der Waals surface area (Å²) in [5, 5.41) is 0. The van der Waals surface area contributed by atoms with Crippen molar-refractivity contribution in [1.29, 1.82) is 0 Å². The summed E-state index contributed by atoms with van der Waals surface area (Å²) < 4.78 is 0. The van der Waals surface area contributed by atoms with E-state index < -0.39 is 0 Å². The molecule has 1 heterocycles. The molecule has 0 saturated carbocycles. The van der Waals surface area contributed by atoms with E-state index >= 15 is 0 Å². The maximum atomic E-state index is 11.8. The number of ketones is 1. The van der Waals surface area contributed by atoms with E-state index in [1.807, 2.05) is 0 Å². The highest BCUT2D eigenvalue weighted by Crippen LogP contribution is 2.23. The van der Waals surface area contributed by atoms with Crippen molar-refractivity contribution in [1.82, 2.24) is 4.90 Å². The normalized spacial score (nSPS) is 19.3. The lowest BCUT2D eigenvalue weighted by Gasteiger charge is -2.33. The topological polar surface area (TPSA) is 20.3 Å². The Kier molecular flexibility index (Phi) is 3.48. The van der Waals surface area contributed by atoms with Gasteiger partial charge in [-0.05, 0) is 46.2 Å². The lowest BCUT2D eigenvalue weighted by molar-refractivity contribution is -0.128. The van der Waals surface area contributed by atoms with E-state index in [2.05, 4.69) is 25.7 Å². The summed E-state index contributed by atoms with van der Waals surface area (Å²) in [5.41, 5.74) is -0.216. The van der Waals surface area contributed by atoms with Gasteiger partial charge in [0.1, 0.15) is 0 Å². The average Bonchev–Trinajstić information content (AvgIpc) is 2.56. The van der Waals surface area contributed by atoms with Crippen LogP contribution in [-0.4, -0.2) is 29.3 Å². The summed E-state index contributed by atoms with van der Waals surface area (Å²) in [4.78, 5) is 14.1. The van der Waals surface area contributed by atoms with E-state index in [-0.39, 0.29) is 5.54 Å². The van der Waals surface area contributed by atoms with Gasteiger partial charge in [-0.3, -0.25) is 9.69 Å². The number of likely N-dealkylation sites (tertiary alicyclic amines) is 1. The smallest absolute Gasteiger partial charge is 0.152 e. The highest BCUT2D eigenvalue weighted by molar-refractivity contribution is 5.87. The molecule has 76 valence electrons. The first kappa shape index (κ1) is 10.7. The Labute approximate surface area is 81.3 Å². The third-order valence-electron chi connectivity index (χ3n) is 3.06. The minimum Gasteiger partial charge on any atom is -0.298 e. The molecule has 0 amide bonds. The molecule has 0 aromatic rings. The molecule has 0 radical (unpaired) electrons. The van der Waals surface area contributed by atoms with Gasteiger partial charge in [0.05, 0.1) is 5.54 Å². The number of Topliss-reactive ketones (excluding diaryl/α,β-unsaturated/α-hetero) is 1. The van der Waals surface area contributed by atoms with Gasteiger partial charge in [-0.25, -0.2) is 0 Å². The van der Waals surface area contributed by atoms with Gasteiger partial charge in [-0.1, -0.05) is 6.92 Å². The Morgan fingerprint density at radius 1 is 1.31 bits per heavy atom. The van der Waals surface area contributed by atoms with Crippen LogP contribution >= 0.6 is 0 Å². The van der Waals surface area contributed by atoms with E-state index in [1.165, 1.54) is 12.8 Å². The Bertz CT molecular complexity index is 181. The molecule has 0 aliphatic carbocycles. The SMILES string of the molecule is CCCC(=O)C(C)(C)N1CCCC1. The van der Waals surface area contributed by atoms with Crippen molar-refractivity contribution < 1.29 is 4.79 Å². The minimum absolute atomic E-state index is 0.216. The van der Waals surface area contributed by atoms with Crippen molar-refractivity contribution in [2.45, 2.75) is 52.0 Å². The van der Waals surface area contributed by atoms with Crippen LogP contribution < -0.4 is 0 Å². The minimum atomic E-state index is -0.216. The molecule has 0 unspecified atom stereocenters. The maximum Gasteiger partial charge on any atom is 0.152 e. The molecule has 1 rings (SSSR count). The Morgan fingerprint density at radius 3 is 2.31 bits per heavy atom. The van der Waals surface area contributed by atoms with Gasteiger partial charge >= 0.3 is 0 Å². The molecule has 0 aromatic heterocycles. The number of hydrogen-bond acceptors (Lipinski definition) is 2.